The molecule has 3 aliphatic rings. The summed E-state index contributed by atoms with van der Waals surface area (Å²) in [5, 5.41) is 24.7. The lowest BCUT2D eigenvalue weighted by Crippen LogP contribution is -2.67. The van der Waals surface area contributed by atoms with E-state index in [0.717, 1.165) is 12.8 Å². The van der Waals surface area contributed by atoms with Crippen LogP contribution in [-0.4, -0.2) is 53.7 Å². The van der Waals surface area contributed by atoms with Crippen molar-refractivity contribution in [3.8, 4) is 0 Å². The van der Waals surface area contributed by atoms with Gasteiger partial charge in [-0.25, -0.2) is 0 Å². The molecule has 25 heavy (non-hydrogen) atoms. The van der Waals surface area contributed by atoms with Gasteiger partial charge in [0.15, 0.2) is 18.4 Å². The molecule has 3 rings (SSSR count). The number of carbonyl (C=O) groups excluding carboxylic acids is 1. The van der Waals surface area contributed by atoms with Crippen LogP contribution >= 0.6 is 0 Å². The van der Waals surface area contributed by atoms with Gasteiger partial charge in [-0.05, 0) is 38.0 Å². The number of hydrogen-bond acceptors (Lipinski definition) is 6. The van der Waals surface area contributed by atoms with E-state index in [4.69, 9.17) is 14.2 Å². The van der Waals surface area contributed by atoms with Crippen LogP contribution in [0.15, 0.2) is 0 Å². The zero-order valence-corrected chi connectivity index (χ0v) is 15.5. The fourth-order valence-electron chi connectivity index (χ4n) is 4.96. The predicted molar refractivity (Wildman–Crippen MR) is 89.1 cm³/mol. The van der Waals surface area contributed by atoms with E-state index in [2.05, 4.69) is 12.2 Å². The highest BCUT2D eigenvalue weighted by Gasteiger charge is 2.63. The van der Waals surface area contributed by atoms with Crippen molar-refractivity contribution in [3.63, 3.8) is 0 Å². The third kappa shape index (κ3) is 3.32. The third-order valence-electron chi connectivity index (χ3n) is 6.44. The Balaban J connectivity index is 1.88. The maximum atomic E-state index is 11.7. The Morgan fingerprint density at radius 2 is 1.96 bits per heavy atom. The lowest BCUT2D eigenvalue weighted by atomic mass is 9.58. The second-order valence-electron chi connectivity index (χ2n) is 8.17. The van der Waals surface area contributed by atoms with Crippen LogP contribution in [0.2, 0.25) is 0 Å². The monoisotopic (exact) mass is 357 g/mol. The summed E-state index contributed by atoms with van der Waals surface area (Å²) in [6.07, 6.45) is 1.38. The normalized spacial score (nSPS) is 49.8. The Morgan fingerprint density at radius 1 is 1.24 bits per heavy atom. The highest BCUT2D eigenvalue weighted by atomic mass is 16.8. The van der Waals surface area contributed by atoms with Crippen molar-refractivity contribution < 1.29 is 29.2 Å². The molecule has 7 heteroatoms. The summed E-state index contributed by atoms with van der Waals surface area (Å²) in [7, 11) is 1.55. The first-order valence-electron chi connectivity index (χ1n) is 9.29. The predicted octanol–water partition coefficient (Wildman–Crippen LogP) is 0.980. The minimum absolute atomic E-state index is 0.00701. The quantitative estimate of drug-likeness (QED) is 0.697. The molecule has 8 atom stereocenters. The molecule has 1 saturated carbocycles. The minimum Gasteiger partial charge on any atom is -0.384 e. The molecule has 2 heterocycles. The van der Waals surface area contributed by atoms with Crippen LogP contribution < -0.4 is 5.32 Å². The largest absolute Gasteiger partial charge is 0.384 e. The maximum Gasteiger partial charge on any atom is 0.245 e. The highest BCUT2D eigenvalue weighted by molar-refractivity contribution is 5.76. The molecule has 0 aromatic rings. The molecule has 2 aliphatic heterocycles. The van der Waals surface area contributed by atoms with E-state index < -0.39 is 24.0 Å². The molecule has 0 radical (unpaired) electrons. The summed E-state index contributed by atoms with van der Waals surface area (Å²) in [6, 6.07) is 0. The van der Waals surface area contributed by atoms with Gasteiger partial charge in [0.2, 0.25) is 5.91 Å². The van der Waals surface area contributed by atoms with Crippen LogP contribution in [0.5, 0.6) is 0 Å². The molecule has 1 aliphatic carbocycles. The van der Waals surface area contributed by atoms with Gasteiger partial charge in [-0.15, -0.1) is 0 Å². The molecule has 2 saturated heterocycles. The molecule has 0 spiro atoms. The average Bonchev–Trinajstić information content (AvgIpc) is 2.65. The van der Waals surface area contributed by atoms with Gasteiger partial charge in [0.25, 0.3) is 0 Å². The molecule has 3 fully saturated rings. The van der Waals surface area contributed by atoms with Gasteiger partial charge >= 0.3 is 0 Å². The topological polar surface area (TPSA) is 97.3 Å². The Bertz CT molecular complexity index is 512. The number of carbonyl (C=O) groups is 1. The molecule has 0 bridgehead atoms. The summed E-state index contributed by atoms with van der Waals surface area (Å²) >= 11 is 0. The standard InChI is InChI=1S/C18H31NO6/c1-10-5-6-13-11(2)15(23-9-14(20)19-4)24-16-18(13,22)12(10)7-8-17(3,21)25-16/h10-13,15-16,21-22H,5-9H2,1-4H3,(H,19,20)/t10-,11-,12?,13?,15?,16-,17+,18-/m1/s1. The average molecular weight is 357 g/mol. The van der Waals surface area contributed by atoms with Gasteiger partial charge < -0.3 is 29.7 Å². The second-order valence-corrected chi connectivity index (χ2v) is 8.17. The summed E-state index contributed by atoms with van der Waals surface area (Å²) < 4.78 is 17.4. The van der Waals surface area contributed by atoms with E-state index in [-0.39, 0.29) is 30.3 Å². The number of hydrogen-bond donors (Lipinski definition) is 3. The first kappa shape index (κ1) is 19.0. The molecule has 0 aromatic heterocycles. The van der Waals surface area contributed by atoms with Crippen LogP contribution in [0.3, 0.4) is 0 Å². The van der Waals surface area contributed by atoms with E-state index in [9.17, 15) is 15.0 Å². The lowest BCUT2D eigenvalue weighted by molar-refractivity contribution is -0.407. The van der Waals surface area contributed by atoms with Crippen molar-refractivity contribution in [2.45, 2.75) is 70.4 Å². The van der Waals surface area contributed by atoms with Crippen LogP contribution in [0.1, 0.15) is 46.5 Å². The molecule has 3 unspecified atom stereocenters. The van der Waals surface area contributed by atoms with E-state index in [1.54, 1.807) is 14.0 Å². The van der Waals surface area contributed by atoms with Crippen LogP contribution in [0, 0.1) is 23.7 Å². The summed E-state index contributed by atoms with van der Waals surface area (Å²) in [4.78, 5) is 11.5. The van der Waals surface area contributed by atoms with Crippen molar-refractivity contribution in [3.05, 3.63) is 0 Å². The zero-order valence-electron chi connectivity index (χ0n) is 15.5. The number of likely N-dealkylation sites (N-methyl/N-ethyl adjacent to an activating group) is 1. The Hall–Kier alpha value is -0.730. The minimum atomic E-state index is -1.35. The number of rotatable bonds is 3. The van der Waals surface area contributed by atoms with Gasteiger partial charge in [-0.2, -0.15) is 0 Å². The molecule has 0 aromatic carbocycles. The first-order valence-corrected chi connectivity index (χ1v) is 9.29. The van der Waals surface area contributed by atoms with E-state index in [0.29, 0.717) is 18.8 Å². The molecular weight excluding hydrogens is 326 g/mol. The van der Waals surface area contributed by atoms with Gasteiger partial charge in [0, 0.05) is 25.3 Å². The van der Waals surface area contributed by atoms with Gasteiger partial charge in [-0.3, -0.25) is 4.79 Å². The highest BCUT2D eigenvalue weighted by Crippen LogP contribution is 2.55. The number of nitrogens with one attached hydrogen (secondary N) is 1. The van der Waals surface area contributed by atoms with Crippen LogP contribution in [0.4, 0.5) is 0 Å². The van der Waals surface area contributed by atoms with E-state index in [1.165, 1.54) is 0 Å². The van der Waals surface area contributed by atoms with Crippen molar-refractivity contribution in [1.29, 1.82) is 0 Å². The second kappa shape index (κ2) is 6.78. The fourth-order valence-corrected chi connectivity index (χ4v) is 4.96. The molecule has 144 valence electrons. The number of ether oxygens (including phenoxy) is 3. The Morgan fingerprint density at radius 3 is 2.64 bits per heavy atom. The van der Waals surface area contributed by atoms with Crippen molar-refractivity contribution in [1.82, 2.24) is 5.32 Å². The summed E-state index contributed by atoms with van der Waals surface area (Å²) in [6.45, 7) is 5.63. The van der Waals surface area contributed by atoms with Gasteiger partial charge in [0.1, 0.15) is 12.2 Å². The first-order chi connectivity index (χ1) is 11.7. The van der Waals surface area contributed by atoms with Crippen LogP contribution in [0.25, 0.3) is 0 Å². The molecular formula is C18H31NO6. The fraction of sp³-hybridized carbons (Fsp3) is 0.944. The van der Waals surface area contributed by atoms with Crippen molar-refractivity contribution in [2.24, 2.45) is 23.7 Å². The lowest BCUT2D eigenvalue weighted by Gasteiger charge is -2.57. The Labute approximate surface area is 149 Å². The summed E-state index contributed by atoms with van der Waals surface area (Å²) in [5.74, 6) is -1.38. The molecule has 7 nitrogen and oxygen atoms in total. The number of aliphatic hydroxyl groups is 2. The summed E-state index contributed by atoms with van der Waals surface area (Å²) in [5.41, 5.74) is -1.15. The van der Waals surface area contributed by atoms with Gasteiger partial charge in [-0.1, -0.05) is 13.8 Å². The van der Waals surface area contributed by atoms with Crippen LogP contribution in [-0.2, 0) is 19.0 Å². The maximum absolute atomic E-state index is 11.7. The Kier molecular flexibility index (Phi) is 5.16. The van der Waals surface area contributed by atoms with Gasteiger partial charge in [0.05, 0.1) is 0 Å². The zero-order chi connectivity index (χ0) is 18.4. The van der Waals surface area contributed by atoms with E-state index >= 15 is 0 Å². The SMILES string of the molecule is CNC(=O)COC1O[C@@H]2O[C@](C)(O)CCC3[C@H](C)CCC([C@H]1C)[C@]32O. The smallest absolute Gasteiger partial charge is 0.245 e. The third-order valence-corrected chi connectivity index (χ3v) is 6.44. The van der Waals surface area contributed by atoms with Crippen molar-refractivity contribution >= 4 is 5.91 Å². The molecule has 1 amide bonds. The van der Waals surface area contributed by atoms with Crippen molar-refractivity contribution in [2.75, 3.05) is 13.7 Å². The van der Waals surface area contributed by atoms with E-state index in [1.807, 2.05) is 6.92 Å². The molecule has 3 N–H and O–H groups in total. The number of amides is 1.